The predicted octanol–water partition coefficient (Wildman–Crippen LogP) is 3.63. The van der Waals surface area contributed by atoms with E-state index in [0.29, 0.717) is 0 Å². The molecule has 98 valence electrons. The fourth-order valence-corrected chi connectivity index (χ4v) is 2.08. The first-order chi connectivity index (χ1) is 8.93. The van der Waals surface area contributed by atoms with Crippen molar-refractivity contribution in [3.63, 3.8) is 0 Å². The zero-order chi connectivity index (χ0) is 14.0. The lowest BCUT2D eigenvalue weighted by molar-refractivity contribution is -0.386. The van der Waals surface area contributed by atoms with Gasteiger partial charge in [0.05, 0.1) is 4.92 Å². The normalized spacial score (nSPS) is 11.3. The number of nitro groups is 1. The van der Waals surface area contributed by atoms with E-state index in [1.165, 1.54) is 12.1 Å². The molecule has 19 heavy (non-hydrogen) atoms. The molecule has 0 unspecified atom stereocenters. The number of nitro benzene ring substituents is 1. The van der Waals surface area contributed by atoms with E-state index >= 15 is 0 Å². The van der Waals surface area contributed by atoms with Gasteiger partial charge in [-0.2, -0.15) is 0 Å². The van der Waals surface area contributed by atoms with Crippen LogP contribution in [0, 0.1) is 10.1 Å². The van der Waals surface area contributed by atoms with Gasteiger partial charge in [0.15, 0.2) is 5.75 Å². The summed E-state index contributed by atoms with van der Waals surface area (Å²) in [5, 5.41) is 20.4. The summed E-state index contributed by atoms with van der Waals surface area (Å²) in [6, 6.07) is 14.3. The smallest absolute Gasteiger partial charge is 0.310 e. The Morgan fingerprint density at radius 2 is 1.68 bits per heavy atom. The number of phenols is 1. The van der Waals surface area contributed by atoms with Crippen molar-refractivity contribution in [2.75, 3.05) is 0 Å². The molecule has 0 saturated heterocycles. The maximum atomic E-state index is 10.9. The van der Waals surface area contributed by atoms with Gasteiger partial charge in [0.25, 0.3) is 0 Å². The van der Waals surface area contributed by atoms with Crippen LogP contribution in [-0.2, 0) is 5.41 Å². The molecular weight excluding hydrogens is 242 g/mol. The molecule has 0 fully saturated rings. The predicted molar refractivity (Wildman–Crippen MR) is 73.3 cm³/mol. The maximum absolute atomic E-state index is 10.9. The minimum absolute atomic E-state index is 0.262. The molecule has 1 N–H and O–H groups in total. The molecule has 0 radical (unpaired) electrons. The lowest BCUT2D eigenvalue weighted by Gasteiger charge is -2.25. The molecular formula is C15H15NO3. The van der Waals surface area contributed by atoms with Crippen molar-refractivity contribution in [3.05, 3.63) is 69.8 Å². The molecule has 0 aliphatic carbocycles. The summed E-state index contributed by atoms with van der Waals surface area (Å²) in [5.74, 6) is -0.308. The second-order valence-electron chi connectivity index (χ2n) is 4.95. The van der Waals surface area contributed by atoms with E-state index in [2.05, 4.69) is 0 Å². The SMILES string of the molecule is CC(C)(c1ccccc1)c1ccc(O)c([N+](=O)[O-])c1. The van der Waals surface area contributed by atoms with Gasteiger partial charge in [-0.15, -0.1) is 0 Å². The molecule has 4 nitrogen and oxygen atoms in total. The van der Waals surface area contributed by atoms with Crippen LogP contribution in [0.4, 0.5) is 5.69 Å². The van der Waals surface area contributed by atoms with Crippen molar-refractivity contribution < 1.29 is 10.0 Å². The second kappa shape index (κ2) is 4.72. The summed E-state index contributed by atoms with van der Waals surface area (Å²) in [5.41, 5.74) is 1.24. The Labute approximate surface area is 111 Å². The van der Waals surface area contributed by atoms with Crippen LogP contribution in [0.5, 0.6) is 5.75 Å². The lowest BCUT2D eigenvalue weighted by Crippen LogP contribution is -2.18. The van der Waals surface area contributed by atoms with Gasteiger partial charge in [-0.25, -0.2) is 0 Å². The molecule has 2 aromatic rings. The molecule has 4 heteroatoms. The largest absolute Gasteiger partial charge is 0.502 e. The molecule has 2 aromatic carbocycles. The van der Waals surface area contributed by atoms with E-state index in [1.54, 1.807) is 6.07 Å². The fourth-order valence-electron chi connectivity index (χ4n) is 2.08. The van der Waals surface area contributed by atoms with E-state index in [-0.39, 0.29) is 16.9 Å². The first-order valence-electron chi connectivity index (χ1n) is 5.96. The van der Waals surface area contributed by atoms with Crippen molar-refractivity contribution in [2.45, 2.75) is 19.3 Å². The molecule has 0 atom stereocenters. The monoisotopic (exact) mass is 257 g/mol. The Balaban J connectivity index is 2.53. The van der Waals surface area contributed by atoms with Gasteiger partial charge in [-0.3, -0.25) is 10.1 Å². The first-order valence-corrected chi connectivity index (χ1v) is 5.96. The second-order valence-corrected chi connectivity index (χ2v) is 4.95. The summed E-state index contributed by atoms with van der Waals surface area (Å²) in [6.07, 6.45) is 0. The van der Waals surface area contributed by atoms with Crippen molar-refractivity contribution in [2.24, 2.45) is 0 Å². The highest BCUT2D eigenvalue weighted by Crippen LogP contribution is 2.36. The Morgan fingerprint density at radius 3 is 2.26 bits per heavy atom. The molecule has 0 aliphatic rings. The number of hydrogen-bond donors (Lipinski definition) is 1. The van der Waals surface area contributed by atoms with E-state index in [0.717, 1.165) is 11.1 Å². The van der Waals surface area contributed by atoms with Gasteiger partial charge < -0.3 is 5.11 Å². The molecule has 2 rings (SSSR count). The van der Waals surface area contributed by atoms with Crippen LogP contribution in [0.15, 0.2) is 48.5 Å². The van der Waals surface area contributed by atoms with Gasteiger partial charge in [0.2, 0.25) is 0 Å². The fraction of sp³-hybridized carbons (Fsp3) is 0.200. The standard InChI is InChI=1S/C15H15NO3/c1-15(2,11-6-4-3-5-7-11)12-8-9-14(17)13(10-12)16(18)19/h3-10,17H,1-2H3. The van der Waals surface area contributed by atoms with E-state index in [9.17, 15) is 15.2 Å². The summed E-state index contributed by atoms with van der Waals surface area (Å²) >= 11 is 0. The van der Waals surface area contributed by atoms with Gasteiger partial charge >= 0.3 is 5.69 Å². The number of hydrogen-bond acceptors (Lipinski definition) is 3. The Kier molecular flexibility index (Phi) is 3.25. The molecule has 0 bridgehead atoms. The number of phenolic OH excluding ortho intramolecular Hbond substituents is 1. The topological polar surface area (TPSA) is 63.4 Å². The van der Waals surface area contributed by atoms with Gasteiger partial charge in [-0.05, 0) is 17.2 Å². The van der Waals surface area contributed by atoms with Crippen LogP contribution in [0.2, 0.25) is 0 Å². The van der Waals surface area contributed by atoms with Crippen LogP contribution in [0.1, 0.15) is 25.0 Å². The zero-order valence-electron chi connectivity index (χ0n) is 10.8. The van der Waals surface area contributed by atoms with Crippen LogP contribution in [-0.4, -0.2) is 10.0 Å². The molecule has 0 aromatic heterocycles. The highest BCUT2D eigenvalue weighted by Gasteiger charge is 2.26. The van der Waals surface area contributed by atoms with E-state index < -0.39 is 4.92 Å². The van der Waals surface area contributed by atoms with Crippen molar-refractivity contribution in [1.29, 1.82) is 0 Å². The minimum atomic E-state index is -0.570. The quantitative estimate of drug-likeness (QED) is 0.674. The van der Waals surface area contributed by atoms with Crippen molar-refractivity contribution in [1.82, 2.24) is 0 Å². The number of benzene rings is 2. The first kappa shape index (κ1) is 13.1. The van der Waals surface area contributed by atoms with Crippen molar-refractivity contribution in [3.8, 4) is 5.75 Å². The molecule has 0 spiro atoms. The van der Waals surface area contributed by atoms with E-state index in [1.807, 2.05) is 44.2 Å². The highest BCUT2D eigenvalue weighted by atomic mass is 16.6. The van der Waals surface area contributed by atoms with Crippen LogP contribution >= 0.6 is 0 Å². The Hall–Kier alpha value is -2.36. The average molecular weight is 257 g/mol. The van der Waals surface area contributed by atoms with E-state index in [4.69, 9.17) is 0 Å². The highest BCUT2D eigenvalue weighted by molar-refractivity contribution is 5.51. The number of aromatic hydroxyl groups is 1. The summed E-state index contributed by atoms with van der Waals surface area (Å²) in [4.78, 5) is 10.3. The average Bonchev–Trinajstić information content (AvgIpc) is 2.39. The number of nitrogens with zero attached hydrogens (tertiary/aromatic N) is 1. The van der Waals surface area contributed by atoms with Gasteiger partial charge in [0, 0.05) is 11.5 Å². The summed E-state index contributed by atoms with van der Waals surface area (Å²) < 4.78 is 0. The molecule has 0 amide bonds. The van der Waals surface area contributed by atoms with Gasteiger partial charge in [-0.1, -0.05) is 50.2 Å². The summed E-state index contributed by atoms with van der Waals surface area (Å²) in [6.45, 7) is 4.00. The Bertz CT molecular complexity index is 606. The maximum Gasteiger partial charge on any atom is 0.310 e. The van der Waals surface area contributed by atoms with Crippen LogP contribution in [0.3, 0.4) is 0 Å². The lowest BCUT2D eigenvalue weighted by atomic mass is 9.78. The molecule has 0 saturated carbocycles. The molecule has 0 heterocycles. The Morgan fingerprint density at radius 1 is 1.05 bits per heavy atom. The third-order valence-corrected chi connectivity index (χ3v) is 3.39. The number of rotatable bonds is 3. The third kappa shape index (κ3) is 2.42. The minimum Gasteiger partial charge on any atom is -0.502 e. The zero-order valence-corrected chi connectivity index (χ0v) is 10.8. The van der Waals surface area contributed by atoms with Gasteiger partial charge in [0.1, 0.15) is 0 Å². The molecule has 0 aliphatic heterocycles. The summed E-state index contributed by atoms with van der Waals surface area (Å²) in [7, 11) is 0. The van der Waals surface area contributed by atoms with Crippen LogP contribution < -0.4 is 0 Å². The van der Waals surface area contributed by atoms with Crippen molar-refractivity contribution >= 4 is 5.69 Å². The van der Waals surface area contributed by atoms with Crippen LogP contribution in [0.25, 0.3) is 0 Å². The third-order valence-electron chi connectivity index (χ3n) is 3.39.